The molecule has 0 N–H and O–H groups in total. The molecule has 1 aromatic rings. The fourth-order valence-corrected chi connectivity index (χ4v) is 0.960. The van der Waals surface area contributed by atoms with E-state index in [4.69, 9.17) is 11.2 Å². The number of hydrogen-bond acceptors (Lipinski definition) is 1. The van der Waals surface area contributed by atoms with Crippen molar-refractivity contribution >= 4 is 0 Å². The van der Waals surface area contributed by atoms with Gasteiger partial charge in [0.15, 0.2) is 0 Å². The normalized spacial score (nSPS) is 10.8. The summed E-state index contributed by atoms with van der Waals surface area (Å²) in [6.07, 6.45) is -0.0247. The van der Waals surface area contributed by atoms with Crippen molar-refractivity contribution in [2.75, 3.05) is 6.61 Å². The van der Waals surface area contributed by atoms with Crippen molar-refractivity contribution in [1.29, 1.82) is 0 Å². The molecule has 15 heavy (non-hydrogen) atoms. The molecular weight excluding hydrogens is 205 g/mol. The van der Waals surface area contributed by atoms with Gasteiger partial charge < -0.3 is 4.74 Å². The van der Waals surface area contributed by atoms with Crippen molar-refractivity contribution in [2.45, 2.75) is 12.6 Å². The molecule has 1 aromatic carbocycles. The van der Waals surface area contributed by atoms with Crippen LogP contribution in [0.5, 0.6) is 5.75 Å². The lowest BCUT2D eigenvalue weighted by molar-refractivity contribution is -0.139. The fourth-order valence-electron chi connectivity index (χ4n) is 0.960. The summed E-state index contributed by atoms with van der Waals surface area (Å²) in [5.41, 5.74) is 0.583. The summed E-state index contributed by atoms with van der Waals surface area (Å²) < 4.78 is 40.3. The second-order valence-corrected chi connectivity index (χ2v) is 2.89. The van der Waals surface area contributed by atoms with E-state index in [-0.39, 0.29) is 0 Å². The zero-order valence-electron chi connectivity index (χ0n) is 7.84. The van der Waals surface area contributed by atoms with Crippen LogP contribution in [-0.2, 0) is 0 Å². The molecule has 0 spiro atoms. The molecule has 0 radical (unpaired) electrons. The lowest BCUT2D eigenvalue weighted by Crippen LogP contribution is -2.12. The molecule has 0 saturated carbocycles. The van der Waals surface area contributed by atoms with Gasteiger partial charge in [-0.2, -0.15) is 13.2 Å². The minimum Gasteiger partial charge on any atom is -0.493 e. The predicted octanol–water partition coefficient (Wildman–Crippen LogP) is 3.00. The van der Waals surface area contributed by atoms with Gasteiger partial charge in [0.1, 0.15) is 5.75 Å². The lowest BCUT2D eigenvalue weighted by atomic mass is 10.2. The molecule has 0 fully saturated rings. The fraction of sp³-hybridized carbons (Fsp3) is 0.273. The molecule has 4 heteroatoms. The van der Waals surface area contributed by atoms with E-state index in [1.807, 2.05) is 0 Å². The van der Waals surface area contributed by atoms with Crippen LogP contribution in [0.25, 0.3) is 0 Å². The minimum absolute atomic E-state index is 0.356. The van der Waals surface area contributed by atoms with Crippen LogP contribution >= 0.6 is 0 Å². The van der Waals surface area contributed by atoms with Crippen molar-refractivity contribution in [2.24, 2.45) is 0 Å². The van der Waals surface area contributed by atoms with Gasteiger partial charge in [-0.15, -0.1) is 6.42 Å². The summed E-state index contributed by atoms with van der Waals surface area (Å²) in [4.78, 5) is 0. The third-order valence-corrected chi connectivity index (χ3v) is 1.65. The smallest absolute Gasteiger partial charge is 0.392 e. The number of alkyl halides is 3. The maximum absolute atomic E-state index is 11.8. The van der Waals surface area contributed by atoms with Gasteiger partial charge in [0.2, 0.25) is 0 Å². The number of hydrogen-bond donors (Lipinski definition) is 0. The molecule has 80 valence electrons. The highest BCUT2D eigenvalue weighted by Crippen LogP contribution is 2.20. The molecular formula is C11H9F3O. The van der Waals surface area contributed by atoms with E-state index in [0.717, 1.165) is 0 Å². The molecule has 0 aromatic heterocycles. The van der Waals surface area contributed by atoms with Gasteiger partial charge in [0.25, 0.3) is 0 Å². The minimum atomic E-state index is -4.19. The molecule has 0 aliphatic rings. The Labute approximate surface area is 85.9 Å². The Morgan fingerprint density at radius 1 is 1.33 bits per heavy atom. The van der Waals surface area contributed by atoms with Crippen LogP contribution in [0.3, 0.4) is 0 Å². The van der Waals surface area contributed by atoms with Crippen molar-refractivity contribution in [1.82, 2.24) is 0 Å². The Hall–Kier alpha value is -1.63. The van der Waals surface area contributed by atoms with E-state index in [2.05, 4.69) is 5.92 Å². The molecule has 1 nitrogen and oxygen atoms in total. The van der Waals surface area contributed by atoms with Gasteiger partial charge in [-0.3, -0.25) is 0 Å². The lowest BCUT2D eigenvalue weighted by Gasteiger charge is -2.08. The second-order valence-electron chi connectivity index (χ2n) is 2.89. The first-order chi connectivity index (χ1) is 7.01. The Balaban J connectivity index is 2.48. The van der Waals surface area contributed by atoms with Gasteiger partial charge >= 0.3 is 6.18 Å². The van der Waals surface area contributed by atoms with Crippen LogP contribution in [0, 0.1) is 12.3 Å². The molecule has 0 bridgehead atoms. The first-order valence-electron chi connectivity index (χ1n) is 4.27. The standard InChI is InChI=1S/C11H9F3O/c1-2-9-4-3-5-10(8-9)15-7-6-11(12,13)14/h1,3-5,8H,6-7H2. The van der Waals surface area contributed by atoms with Crippen molar-refractivity contribution in [3.05, 3.63) is 29.8 Å². The van der Waals surface area contributed by atoms with Gasteiger partial charge in [-0.25, -0.2) is 0 Å². The zero-order chi connectivity index (χ0) is 11.3. The van der Waals surface area contributed by atoms with Crippen LogP contribution in [0.2, 0.25) is 0 Å². The van der Waals surface area contributed by atoms with Crippen LogP contribution in [0.15, 0.2) is 24.3 Å². The van der Waals surface area contributed by atoms with Crippen molar-refractivity contribution < 1.29 is 17.9 Å². The third kappa shape index (κ3) is 4.41. The quantitative estimate of drug-likeness (QED) is 0.703. The van der Waals surface area contributed by atoms with Gasteiger partial charge in [-0.1, -0.05) is 12.0 Å². The number of benzene rings is 1. The first kappa shape index (κ1) is 11.4. The molecule has 0 aliphatic carbocycles. The van der Waals surface area contributed by atoms with Crippen LogP contribution in [-0.4, -0.2) is 12.8 Å². The van der Waals surface area contributed by atoms with Crippen molar-refractivity contribution in [3.63, 3.8) is 0 Å². The predicted molar refractivity (Wildman–Crippen MR) is 50.5 cm³/mol. The van der Waals surface area contributed by atoms with Gasteiger partial charge in [0.05, 0.1) is 13.0 Å². The molecule has 0 heterocycles. The number of terminal acetylenes is 1. The monoisotopic (exact) mass is 214 g/mol. The average molecular weight is 214 g/mol. The average Bonchev–Trinajstić information content (AvgIpc) is 2.16. The van der Waals surface area contributed by atoms with Gasteiger partial charge in [-0.05, 0) is 18.2 Å². The van der Waals surface area contributed by atoms with E-state index in [1.165, 1.54) is 6.07 Å². The number of halogens is 3. The summed E-state index contributed by atoms with van der Waals surface area (Å²) in [6, 6.07) is 6.41. The molecule has 1 rings (SSSR count). The van der Waals surface area contributed by atoms with Crippen LogP contribution in [0.1, 0.15) is 12.0 Å². The van der Waals surface area contributed by atoms with Gasteiger partial charge in [0, 0.05) is 5.56 Å². The number of ether oxygens (including phenoxy) is 1. The summed E-state index contributed by atoms with van der Waals surface area (Å²) in [5.74, 6) is 2.73. The third-order valence-electron chi connectivity index (χ3n) is 1.65. The summed E-state index contributed by atoms with van der Waals surface area (Å²) in [6.45, 7) is -0.391. The topological polar surface area (TPSA) is 9.23 Å². The Bertz CT molecular complexity index is 363. The van der Waals surface area contributed by atoms with E-state index in [0.29, 0.717) is 11.3 Å². The van der Waals surface area contributed by atoms with Crippen LogP contribution in [0.4, 0.5) is 13.2 Å². The van der Waals surface area contributed by atoms with E-state index in [1.54, 1.807) is 18.2 Å². The molecule has 0 atom stereocenters. The first-order valence-corrected chi connectivity index (χ1v) is 4.27. The second kappa shape index (κ2) is 4.74. The van der Waals surface area contributed by atoms with E-state index >= 15 is 0 Å². The van der Waals surface area contributed by atoms with Crippen molar-refractivity contribution in [3.8, 4) is 18.1 Å². The Morgan fingerprint density at radius 3 is 2.67 bits per heavy atom. The Morgan fingerprint density at radius 2 is 2.07 bits per heavy atom. The zero-order valence-corrected chi connectivity index (χ0v) is 7.84. The molecule has 0 aliphatic heterocycles. The summed E-state index contributed by atoms with van der Waals surface area (Å²) in [7, 11) is 0. The Kier molecular flexibility index (Phi) is 3.62. The largest absolute Gasteiger partial charge is 0.493 e. The maximum atomic E-state index is 11.8. The SMILES string of the molecule is C#Cc1cccc(OCCC(F)(F)F)c1. The summed E-state index contributed by atoms with van der Waals surface area (Å²) in [5, 5.41) is 0. The molecule has 0 unspecified atom stereocenters. The highest BCUT2D eigenvalue weighted by Gasteiger charge is 2.26. The highest BCUT2D eigenvalue weighted by molar-refractivity contribution is 5.38. The molecule has 0 amide bonds. The van der Waals surface area contributed by atoms with Crippen LogP contribution < -0.4 is 4.74 Å². The van der Waals surface area contributed by atoms with E-state index < -0.39 is 19.2 Å². The number of rotatable bonds is 3. The summed E-state index contributed by atoms with van der Waals surface area (Å²) >= 11 is 0. The van der Waals surface area contributed by atoms with E-state index in [9.17, 15) is 13.2 Å². The molecule has 0 saturated heterocycles. The highest BCUT2D eigenvalue weighted by atomic mass is 19.4. The maximum Gasteiger partial charge on any atom is 0.392 e.